The summed E-state index contributed by atoms with van der Waals surface area (Å²) < 4.78 is 7.48. The third-order valence-electron chi connectivity index (χ3n) is 3.32. The molecule has 0 saturated heterocycles. The zero-order valence-corrected chi connectivity index (χ0v) is 12.6. The summed E-state index contributed by atoms with van der Waals surface area (Å²) in [6.45, 7) is 5.01. The van der Waals surface area contributed by atoms with Crippen LogP contribution in [0.4, 0.5) is 0 Å². The van der Waals surface area contributed by atoms with Crippen molar-refractivity contribution in [1.29, 1.82) is 0 Å². The minimum Gasteiger partial charge on any atom is -0.493 e. The van der Waals surface area contributed by atoms with Gasteiger partial charge in [-0.1, -0.05) is 6.92 Å². The van der Waals surface area contributed by atoms with E-state index in [2.05, 4.69) is 28.4 Å². The summed E-state index contributed by atoms with van der Waals surface area (Å²) >= 11 is 0. The maximum atomic E-state index is 5.47. The number of nitrogens with zero attached hydrogens (tertiary/aromatic N) is 3. The lowest BCUT2D eigenvalue weighted by molar-refractivity contribution is 0.400. The Morgan fingerprint density at radius 2 is 2.25 bits per heavy atom. The van der Waals surface area contributed by atoms with Gasteiger partial charge in [-0.15, -0.1) is 0 Å². The molecule has 0 aliphatic rings. The molecule has 2 aromatic rings. The largest absolute Gasteiger partial charge is 0.493 e. The molecule has 0 aliphatic heterocycles. The molecule has 0 amide bonds. The van der Waals surface area contributed by atoms with E-state index in [4.69, 9.17) is 4.74 Å². The number of nitrogens with one attached hydrogen (secondary N) is 1. The van der Waals surface area contributed by atoms with Crippen LogP contribution in [0.15, 0.2) is 24.5 Å². The highest BCUT2D eigenvalue weighted by Crippen LogP contribution is 2.30. The lowest BCUT2D eigenvalue weighted by Gasteiger charge is -2.20. The SMILES string of the molecule is CCCn1ncc(OC)c1C(NC)c1ccnc(C)c1. The fourth-order valence-electron chi connectivity index (χ4n) is 2.42. The van der Waals surface area contributed by atoms with Crippen molar-refractivity contribution in [1.82, 2.24) is 20.1 Å². The molecule has 1 N–H and O–H groups in total. The summed E-state index contributed by atoms with van der Waals surface area (Å²) in [4.78, 5) is 4.26. The third kappa shape index (κ3) is 2.82. The minimum absolute atomic E-state index is 0.0423. The van der Waals surface area contributed by atoms with Crippen LogP contribution in [0.25, 0.3) is 0 Å². The molecule has 5 heteroatoms. The summed E-state index contributed by atoms with van der Waals surface area (Å²) in [6, 6.07) is 4.15. The van der Waals surface area contributed by atoms with Gasteiger partial charge in [0.1, 0.15) is 5.69 Å². The highest BCUT2D eigenvalue weighted by Gasteiger charge is 2.22. The fraction of sp³-hybridized carbons (Fsp3) is 0.467. The van der Waals surface area contributed by atoms with E-state index in [1.54, 1.807) is 13.3 Å². The van der Waals surface area contributed by atoms with E-state index in [-0.39, 0.29) is 6.04 Å². The van der Waals surface area contributed by atoms with Gasteiger partial charge in [-0.25, -0.2) is 0 Å². The molecule has 0 aliphatic carbocycles. The molecule has 0 fully saturated rings. The van der Waals surface area contributed by atoms with Crippen molar-refractivity contribution in [2.24, 2.45) is 0 Å². The number of hydrogen-bond donors (Lipinski definition) is 1. The Morgan fingerprint density at radius 3 is 2.85 bits per heavy atom. The monoisotopic (exact) mass is 274 g/mol. The van der Waals surface area contributed by atoms with Crippen LogP contribution in [-0.4, -0.2) is 28.9 Å². The van der Waals surface area contributed by atoms with E-state index >= 15 is 0 Å². The third-order valence-corrected chi connectivity index (χ3v) is 3.32. The molecule has 108 valence electrons. The van der Waals surface area contributed by atoms with Gasteiger partial charge in [0.2, 0.25) is 0 Å². The number of rotatable bonds is 6. The number of hydrogen-bond acceptors (Lipinski definition) is 4. The summed E-state index contributed by atoms with van der Waals surface area (Å²) in [5, 5.41) is 7.78. The summed E-state index contributed by atoms with van der Waals surface area (Å²) in [6.07, 6.45) is 4.65. The first-order valence-electron chi connectivity index (χ1n) is 6.90. The van der Waals surface area contributed by atoms with Crippen LogP contribution in [-0.2, 0) is 6.54 Å². The van der Waals surface area contributed by atoms with E-state index in [0.29, 0.717) is 0 Å². The van der Waals surface area contributed by atoms with Crippen LogP contribution in [0.1, 0.15) is 36.3 Å². The molecular formula is C15H22N4O. The molecule has 2 aromatic heterocycles. The lowest BCUT2D eigenvalue weighted by Crippen LogP contribution is -2.22. The Kier molecular flexibility index (Phi) is 4.74. The standard InChI is InChI=1S/C15H22N4O/c1-5-8-19-15(13(20-4)10-18-19)14(16-3)12-6-7-17-11(2)9-12/h6-7,9-10,14,16H,5,8H2,1-4H3. The van der Waals surface area contributed by atoms with E-state index in [9.17, 15) is 0 Å². The van der Waals surface area contributed by atoms with Gasteiger partial charge in [0, 0.05) is 18.4 Å². The van der Waals surface area contributed by atoms with Gasteiger partial charge >= 0.3 is 0 Å². The Bertz CT molecular complexity index is 565. The number of ether oxygens (including phenoxy) is 1. The molecule has 0 radical (unpaired) electrons. The number of aryl methyl sites for hydroxylation is 2. The number of methoxy groups -OCH3 is 1. The second kappa shape index (κ2) is 6.52. The highest BCUT2D eigenvalue weighted by molar-refractivity contribution is 5.36. The maximum Gasteiger partial charge on any atom is 0.161 e. The second-order valence-electron chi connectivity index (χ2n) is 4.77. The molecule has 2 rings (SSSR count). The van der Waals surface area contributed by atoms with Gasteiger partial charge in [0.25, 0.3) is 0 Å². The van der Waals surface area contributed by atoms with Crippen molar-refractivity contribution in [3.05, 3.63) is 41.5 Å². The first-order chi connectivity index (χ1) is 9.71. The molecule has 20 heavy (non-hydrogen) atoms. The Hall–Kier alpha value is -1.88. The van der Waals surface area contributed by atoms with Gasteiger partial charge < -0.3 is 10.1 Å². The molecule has 5 nitrogen and oxygen atoms in total. The van der Waals surface area contributed by atoms with Crippen molar-refractivity contribution in [3.63, 3.8) is 0 Å². The molecule has 0 spiro atoms. The van der Waals surface area contributed by atoms with Gasteiger partial charge in [0.15, 0.2) is 5.75 Å². The maximum absolute atomic E-state index is 5.47. The van der Waals surface area contributed by atoms with E-state index in [0.717, 1.165) is 35.7 Å². The molecule has 0 bridgehead atoms. The molecule has 2 heterocycles. The smallest absolute Gasteiger partial charge is 0.161 e. The van der Waals surface area contributed by atoms with Crippen LogP contribution in [0.3, 0.4) is 0 Å². The van der Waals surface area contributed by atoms with Crippen LogP contribution >= 0.6 is 0 Å². The van der Waals surface area contributed by atoms with E-state index in [1.807, 2.05) is 30.9 Å². The Balaban J connectivity index is 2.48. The number of aromatic nitrogens is 3. The normalized spacial score (nSPS) is 12.4. The van der Waals surface area contributed by atoms with Gasteiger partial charge in [0.05, 0.1) is 19.3 Å². The average molecular weight is 274 g/mol. The van der Waals surface area contributed by atoms with Crippen molar-refractivity contribution in [2.45, 2.75) is 32.9 Å². The van der Waals surface area contributed by atoms with E-state index in [1.165, 1.54) is 0 Å². The minimum atomic E-state index is 0.0423. The van der Waals surface area contributed by atoms with Crippen molar-refractivity contribution < 1.29 is 4.74 Å². The molecule has 0 aromatic carbocycles. The first kappa shape index (κ1) is 14.5. The van der Waals surface area contributed by atoms with Gasteiger partial charge in [-0.3, -0.25) is 9.67 Å². The van der Waals surface area contributed by atoms with Crippen molar-refractivity contribution in [2.75, 3.05) is 14.2 Å². The highest BCUT2D eigenvalue weighted by atomic mass is 16.5. The zero-order chi connectivity index (χ0) is 14.5. The molecule has 1 unspecified atom stereocenters. The Labute approximate surface area is 120 Å². The quantitative estimate of drug-likeness (QED) is 0.878. The predicted molar refractivity (Wildman–Crippen MR) is 78.9 cm³/mol. The first-order valence-corrected chi connectivity index (χ1v) is 6.90. The van der Waals surface area contributed by atoms with Gasteiger partial charge in [-0.05, 0) is 38.1 Å². The molecular weight excluding hydrogens is 252 g/mol. The van der Waals surface area contributed by atoms with Crippen molar-refractivity contribution >= 4 is 0 Å². The summed E-state index contributed by atoms with van der Waals surface area (Å²) in [7, 11) is 3.63. The summed E-state index contributed by atoms with van der Waals surface area (Å²) in [5.41, 5.74) is 3.22. The lowest BCUT2D eigenvalue weighted by atomic mass is 10.0. The molecule has 1 atom stereocenters. The van der Waals surface area contributed by atoms with Gasteiger partial charge in [-0.2, -0.15) is 5.10 Å². The van der Waals surface area contributed by atoms with Crippen molar-refractivity contribution in [3.8, 4) is 5.75 Å². The fourth-order valence-corrected chi connectivity index (χ4v) is 2.42. The average Bonchev–Trinajstić information content (AvgIpc) is 2.84. The number of pyridine rings is 1. The predicted octanol–water partition coefficient (Wildman–Crippen LogP) is 2.31. The van der Waals surface area contributed by atoms with Crippen LogP contribution in [0.2, 0.25) is 0 Å². The topological polar surface area (TPSA) is 52.0 Å². The van der Waals surface area contributed by atoms with E-state index < -0.39 is 0 Å². The van der Waals surface area contributed by atoms with Crippen LogP contribution < -0.4 is 10.1 Å². The Morgan fingerprint density at radius 1 is 1.45 bits per heavy atom. The second-order valence-corrected chi connectivity index (χ2v) is 4.77. The van der Waals surface area contributed by atoms with Crippen LogP contribution in [0.5, 0.6) is 5.75 Å². The molecule has 0 saturated carbocycles. The zero-order valence-electron chi connectivity index (χ0n) is 12.6. The van der Waals surface area contributed by atoms with Crippen LogP contribution in [0, 0.1) is 6.92 Å². The summed E-state index contributed by atoms with van der Waals surface area (Å²) in [5.74, 6) is 0.812.